The summed E-state index contributed by atoms with van der Waals surface area (Å²) in [4.78, 5) is 14.8. The normalized spacial score (nSPS) is 21.3. The molecule has 2 atom stereocenters. The van der Waals surface area contributed by atoms with Gasteiger partial charge in [-0.1, -0.05) is 12.1 Å². The van der Waals surface area contributed by atoms with Crippen molar-refractivity contribution >= 4 is 5.91 Å². The predicted octanol–water partition coefficient (Wildman–Crippen LogP) is 3.49. The topological polar surface area (TPSA) is 58.2 Å². The van der Waals surface area contributed by atoms with Crippen molar-refractivity contribution in [3.63, 3.8) is 0 Å². The van der Waals surface area contributed by atoms with E-state index in [-0.39, 0.29) is 18.0 Å². The molecular formula is C18H23N3O2. The van der Waals surface area contributed by atoms with Crippen LogP contribution < -0.4 is 4.74 Å². The number of amides is 1. The molecule has 5 heteroatoms. The number of piperidine rings is 1. The Labute approximate surface area is 136 Å². The van der Waals surface area contributed by atoms with Crippen molar-refractivity contribution in [2.24, 2.45) is 0 Å². The number of aromatic nitrogens is 2. The lowest BCUT2D eigenvalue weighted by Gasteiger charge is -2.38. The molecule has 23 heavy (non-hydrogen) atoms. The van der Waals surface area contributed by atoms with Crippen LogP contribution in [0.2, 0.25) is 0 Å². The Balaban J connectivity index is 1.84. The summed E-state index contributed by atoms with van der Waals surface area (Å²) in [6.07, 6.45) is 3.31. The summed E-state index contributed by atoms with van der Waals surface area (Å²) in [5, 5.41) is 7.20. The van der Waals surface area contributed by atoms with Gasteiger partial charge < -0.3 is 9.64 Å². The molecule has 0 bridgehead atoms. The van der Waals surface area contributed by atoms with Crippen molar-refractivity contribution in [1.82, 2.24) is 15.1 Å². The van der Waals surface area contributed by atoms with Crippen molar-refractivity contribution in [2.75, 3.05) is 7.11 Å². The lowest BCUT2D eigenvalue weighted by molar-refractivity contribution is 0.0504. The van der Waals surface area contributed by atoms with Crippen LogP contribution in [-0.4, -0.2) is 40.2 Å². The number of methoxy groups -OCH3 is 1. The van der Waals surface area contributed by atoms with Gasteiger partial charge in [-0.15, -0.1) is 0 Å². The highest BCUT2D eigenvalue weighted by Gasteiger charge is 2.30. The molecule has 5 nitrogen and oxygen atoms in total. The van der Waals surface area contributed by atoms with Crippen LogP contribution in [0.5, 0.6) is 5.75 Å². The third kappa shape index (κ3) is 3.09. The minimum atomic E-state index is 0.0337. The van der Waals surface area contributed by atoms with E-state index < -0.39 is 0 Å². The fraction of sp³-hybridized carbons (Fsp3) is 0.444. The predicted molar refractivity (Wildman–Crippen MR) is 89.5 cm³/mol. The second kappa shape index (κ2) is 6.44. The van der Waals surface area contributed by atoms with Crippen molar-refractivity contribution in [3.8, 4) is 17.0 Å². The Morgan fingerprint density at radius 1 is 1.26 bits per heavy atom. The molecule has 1 N–H and O–H groups in total. The lowest BCUT2D eigenvalue weighted by Crippen LogP contribution is -2.47. The van der Waals surface area contributed by atoms with E-state index in [2.05, 4.69) is 24.0 Å². The summed E-state index contributed by atoms with van der Waals surface area (Å²) >= 11 is 0. The fourth-order valence-electron chi connectivity index (χ4n) is 3.32. The molecule has 1 amide bonds. The first kappa shape index (κ1) is 15.6. The standard InChI is InChI=1S/C18H23N3O2/c1-12-6-4-7-13(2)21(12)18(22)17-11-16(19-20-17)14-8-5-9-15(10-14)23-3/h5,8-13H,4,6-7H2,1-3H3,(H,19,20)/t12-,13+. The van der Waals surface area contributed by atoms with Gasteiger partial charge in [-0.25, -0.2) is 0 Å². The first-order chi connectivity index (χ1) is 11.1. The zero-order chi connectivity index (χ0) is 16.4. The Morgan fingerprint density at radius 3 is 2.70 bits per heavy atom. The number of H-pyrrole nitrogens is 1. The summed E-state index contributed by atoms with van der Waals surface area (Å²) < 4.78 is 5.24. The Kier molecular flexibility index (Phi) is 4.37. The summed E-state index contributed by atoms with van der Waals surface area (Å²) in [5.74, 6) is 0.808. The van der Waals surface area contributed by atoms with Gasteiger partial charge in [0, 0.05) is 17.6 Å². The molecule has 2 aromatic rings. The highest BCUT2D eigenvalue weighted by Crippen LogP contribution is 2.26. The van der Waals surface area contributed by atoms with E-state index in [4.69, 9.17) is 4.74 Å². The molecule has 1 aliphatic rings. The monoisotopic (exact) mass is 313 g/mol. The molecule has 1 aromatic carbocycles. The number of hydrogen-bond acceptors (Lipinski definition) is 3. The van der Waals surface area contributed by atoms with Gasteiger partial charge in [0.1, 0.15) is 11.4 Å². The molecule has 3 rings (SSSR count). The molecule has 0 saturated carbocycles. The molecule has 1 fully saturated rings. The van der Waals surface area contributed by atoms with E-state index >= 15 is 0 Å². The van der Waals surface area contributed by atoms with Gasteiger partial charge in [-0.05, 0) is 51.3 Å². The summed E-state index contributed by atoms with van der Waals surface area (Å²) in [6, 6.07) is 10.0. The minimum absolute atomic E-state index is 0.0337. The Bertz CT molecular complexity index is 685. The third-order valence-electron chi connectivity index (χ3n) is 4.60. The number of hydrogen-bond donors (Lipinski definition) is 1. The molecule has 1 saturated heterocycles. The Morgan fingerprint density at radius 2 is 2.00 bits per heavy atom. The van der Waals surface area contributed by atoms with Crippen LogP contribution in [0.15, 0.2) is 30.3 Å². The maximum Gasteiger partial charge on any atom is 0.272 e. The molecule has 0 unspecified atom stereocenters. The average molecular weight is 313 g/mol. The van der Waals surface area contributed by atoms with Crippen LogP contribution in [0.25, 0.3) is 11.3 Å². The van der Waals surface area contributed by atoms with Crippen LogP contribution in [0.4, 0.5) is 0 Å². The molecule has 0 radical (unpaired) electrons. The van der Waals surface area contributed by atoms with Gasteiger partial charge in [0.2, 0.25) is 0 Å². The second-order valence-electron chi connectivity index (χ2n) is 6.24. The fourth-order valence-corrected chi connectivity index (χ4v) is 3.32. The molecule has 2 heterocycles. The van der Waals surface area contributed by atoms with Crippen molar-refractivity contribution in [2.45, 2.75) is 45.2 Å². The van der Waals surface area contributed by atoms with Gasteiger partial charge >= 0.3 is 0 Å². The number of carbonyl (C=O) groups excluding carboxylic acids is 1. The average Bonchev–Trinajstić information content (AvgIpc) is 3.04. The van der Waals surface area contributed by atoms with Gasteiger partial charge in [0.15, 0.2) is 0 Å². The molecular weight excluding hydrogens is 290 g/mol. The van der Waals surface area contributed by atoms with Crippen LogP contribution in [0.3, 0.4) is 0 Å². The van der Waals surface area contributed by atoms with Gasteiger partial charge in [-0.3, -0.25) is 9.89 Å². The van der Waals surface area contributed by atoms with E-state index in [0.29, 0.717) is 5.69 Å². The van der Waals surface area contributed by atoms with Crippen LogP contribution >= 0.6 is 0 Å². The number of aromatic amines is 1. The highest BCUT2D eigenvalue weighted by molar-refractivity contribution is 5.94. The number of ether oxygens (including phenoxy) is 1. The first-order valence-electron chi connectivity index (χ1n) is 8.12. The number of carbonyl (C=O) groups is 1. The maximum atomic E-state index is 12.8. The minimum Gasteiger partial charge on any atom is -0.497 e. The Hall–Kier alpha value is -2.30. The molecule has 0 spiro atoms. The summed E-state index contributed by atoms with van der Waals surface area (Å²) in [5.41, 5.74) is 2.23. The second-order valence-corrected chi connectivity index (χ2v) is 6.24. The van der Waals surface area contributed by atoms with Crippen molar-refractivity contribution in [3.05, 3.63) is 36.0 Å². The largest absolute Gasteiger partial charge is 0.497 e. The number of benzene rings is 1. The number of nitrogens with zero attached hydrogens (tertiary/aromatic N) is 2. The highest BCUT2D eigenvalue weighted by atomic mass is 16.5. The van der Waals surface area contributed by atoms with Crippen molar-refractivity contribution in [1.29, 1.82) is 0 Å². The molecule has 122 valence electrons. The molecule has 0 aliphatic carbocycles. The van der Waals surface area contributed by atoms with Gasteiger partial charge in [0.05, 0.1) is 12.8 Å². The summed E-state index contributed by atoms with van der Waals surface area (Å²) in [7, 11) is 1.64. The van der Waals surface area contributed by atoms with E-state index in [1.165, 1.54) is 6.42 Å². The molecule has 1 aromatic heterocycles. The first-order valence-corrected chi connectivity index (χ1v) is 8.12. The number of likely N-dealkylation sites (tertiary alicyclic amines) is 1. The van der Waals surface area contributed by atoms with Gasteiger partial charge in [0.25, 0.3) is 5.91 Å². The van der Waals surface area contributed by atoms with E-state index in [9.17, 15) is 4.79 Å². The summed E-state index contributed by atoms with van der Waals surface area (Å²) in [6.45, 7) is 4.24. The quantitative estimate of drug-likeness (QED) is 0.943. The SMILES string of the molecule is COc1cccc(-c2cc(C(=O)N3[C@H](C)CCC[C@@H]3C)[nH]n2)c1. The number of rotatable bonds is 3. The lowest BCUT2D eigenvalue weighted by atomic mass is 9.97. The smallest absolute Gasteiger partial charge is 0.272 e. The van der Waals surface area contributed by atoms with E-state index in [1.54, 1.807) is 7.11 Å². The van der Waals surface area contributed by atoms with Crippen LogP contribution in [-0.2, 0) is 0 Å². The maximum absolute atomic E-state index is 12.8. The van der Waals surface area contributed by atoms with E-state index in [1.807, 2.05) is 35.2 Å². The van der Waals surface area contributed by atoms with E-state index in [0.717, 1.165) is 29.8 Å². The third-order valence-corrected chi connectivity index (χ3v) is 4.60. The zero-order valence-electron chi connectivity index (χ0n) is 13.9. The van der Waals surface area contributed by atoms with Gasteiger partial charge in [-0.2, -0.15) is 5.10 Å². The van der Waals surface area contributed by atoms with Crippen LogP contribution in [0, 0.1) is 0 Å². The zero-order valence-corrected chi connectivity index (χ0v) is 13.9. The van der Waals surface area contributed by atoms with Crippen molar-refractivity contribution < 1.29 is 9.53 Å². The number of nitrogens with one attached hydrogen (secondary N) is 1. The van der Waals surface area contributed by atoms with Crippen LogP contribution in [0.1, 0.15) is 43.6 Å². The molecule has 1 aliphatic heterocycles.